The molecule has 0 radical (unpaired) electrons. The molecule has 0 fully saturated rings. The van der Waals surface area contributed by atoms with Crippen LogP contribution in [0, 0.1) is 0 Å². The van der Waals surface area contributed by atoms with Gasteiger partial charge in [0.2, 0.25) is 0 Å². The third kappa shape index (κ3) is 2.01. The third-order valence-electron chi connectivity index (χ3n) is 2.82. The van der Waals surface area contributed by atoms with Gasteiger partial charge in [-0.2, -0.15) is 5.10 Å². The number of H-pyrrole nitrogens is 1. The number of nitrogens with zero attached hydrogens (tertiary/aromatic N) is 2. The van der Waals surface area contributed by atoms with Crippen LogP contribution < -0.4 is 5.32 Å². The molecule has 4 nitrogen and oxygen atoms in total. The Hall–Kier alpha value is -2.23. The Morgan fingerprint density at radius 3 is 3.12 bits per heavy atom. The van der Waals surface area contributed by atoms with Crippen LogP contribution in [0.15, 0.2) is 42.9 Å². The second-order valence-electron chi connectivity index (χ2n) is 4.16. The van der Waals surface area contributed by atoms with E-state index in [1.165, 1.54) is 16.5 Å². The van der Waals surface area contributed by atoms with Gasteiger partial charge in [0.05, 0.1) is 11.9 Å². The molecule has 0 aliphatic heterocycles. The van der Waals surface area contributed by atoms with E-state index in [0.717, 1.165) is 12.2 Å². The lowest BCUT2D eigenvalue weighted by Crippen LogP contribution is -1.98. The van der Waals surface area contributed by atoms with Crippen LogP contribution in [-0.2, 0) is 13.6 Å². The van der Waals surface area contributed by atoms with Crippen molar-refractivity contribution in [2.45, 2.75) is 6.54 Å². The van der Waals surface area contributed by atoms with Gasteiger partial charge in [-0.15, -0.1) is 0 Å². The van der Waals surface area contributed by atoms with E-state index in [1.807, 2.05) is 25.6 Å². The molecule has 1 aromatic carbocycles. The Morgan fingerprint density at radius 2 is 2.29 bits per heavy atom. The molecule has 3 rings (SSSR count). The summed E-state index contributed by atoms with van der Waals surface area (Å²) < 4.78 is 1.79. The lowest BCUT2D eigenvalue weighted by atomic mass is 10.1. The minimum atomic E-state index is 0.812. The van der Waals surface area contributed by atoms with E-state index in [4.69, 9.17) is 0 Å². The van der Waals surface area contributed by atoms with Gasteiger partial charge in [0.15, 0.2) is 0 Å². The molecule has 2 aromatic heterocycles. The minimum absolute atomic E-state index is 0.812. The maximum Gasteiger partial charge on any atom is 0.0729 e. The van der Waals surface area contributed by atoms with Crippen LogP contribution in [0.1, 0.15) is 5.56 Å². The number of benzene rings is 1. The summed E-state index contributed by atoms with van der Waals surface area (Å²) >= 11 is 0. The maximum absolute atomic E-state index is 4.12. The Balaban J connectivity index is 1.76. The van der Waals surface area contributed by atoms with Gasteiger partial charge in [-0.05, 0) is 29.1 Å². The van der Waals surface area contributed by atoms with Crippen molar-refractivity contribution >= 4 is 16.6 Å². The van der Waals surface area contributed by atoms with Crippen molar-refractivity contribution in [3.05, 3.63) is 48.4 Å². The Morgan fingerprint density at radius 1 is 1.35 bits per heavy atom. The van der Waals surface area contributed by atoms with Crippen molar-refractivity contribution < 1.29 is 0 Å². The van der Waals surface area contributed by atoms with E-state index in [-0.39, 0.29) is 0 Å². The topological polar surface area (TPSA) is 45.6 Å². The molecule has 0 saturated heterocycles. The summed E-state index contributed by atoms with van der Waals surface area (Å²) in [6, 6.07) is 8.51. The number of hydrogen-bond donors (Lipinski definition) is 2. The summed E-state index contributed by atoms with van der Waals surface area (Å²) in [5, 5.41) is 8.71. The van der Waals surface area contributed by atoms with E-state index in [9.17, 15) is 0 Å². The summed E-state index contributed by atoms with van der Waals surface area (Å²) in [6.07, 6.45) is 5.76. The van der Waals surface area contributed by atoms with Gasteiger partial charge in [-0.3, -0.25) is 4.68 Å². The monoisotopic (exact) mass is 226 g/mol. The predicted molar refractivity (Wildman–Crippen MR) is 68.8 cm³/mol. The first-order valence-corrected chi connectivity index (χ1v) is 5.60. The molecule has 0 aliphatic carbocycles. The standard InChI is InChI=1S/C13H14N4/c1-17-9-12(8-16-17)15-7-10-2-3-13-11(6-10)4-5-14-13/h2-6,8-9,14-15H,7H2,1H3. The first-order chi connectivity index (χ1) is 8.31. The largest absolute Gasteiger partial charge is 0.378 e. The number of fused-ring (bicyclic) bond motifs is 1. The van der Waals surface area contributed by atoms with E-state index < -0.39 is 0 Å². The number of hydrogen-bond acceptors (Lipinski definition) is 2. The molecule has 0 unspecified atom stereocenters. The van der Waals surface area contributed by atoms with Gasteiger partial charge in [-0.1, -0.05) is 6.07 Å². The minimum Gasteiger partial charge on any atom is -0.378 e. The van der Waals surface area contributed by atoms with Crippen LogP contribution in [0.3, 0.4) is 0 Å². The average Bonchev–Trinajstić information content (AvgIpc) is 2.94. The normalized spacial score (nSPS) is 10.9. The van der Waals surface area contributed by atoms with Gasteiger partial charge in [0.25, 0.3) is 0 Å². The highest BCUT2D eigenvalue weighted by atomic mass is 15.3. The zero-order chi connectivity index (χ0) is 11.7. The number of nitrogens with one attached hydrogen (secondary N) is 2. The third-order valence-corrected chi connectivity index (χ3v) is 2.82. The maximum atomic E-state index is 4.12. The summed E-state index contributed by atoms with van der Waals surface area (Å²) in [7, 11) is 1.91. The van der Waals surface area contributed by atoms with E-state index in [1.54, 1.807) is 4.68 Å². The highest BCUT2D eigenvalue weighted by Gasteiger charge is 1.98. The Labute approximate surface area is 99.3 Å². The van der Waals surface area contributed by atoms with Gasteiger partial charge in [0, 0.05) is 31.5 Å². The first kappa shape index (κ1) is 9.96. The number of rotatable bonds is 3. The molecule has 0 atom stereocenters. The molecule has 2 N–H and O–H groups in total. The number of aromatic nitrogens is 3. The first-order valence-electron chi connectivity index (χ1n) is 5.60. The van der Waals surface area contributed by atoms with Crippen molar-refractivity contribution in [2.24, 2.45) is 7.05 Å². The second kappa shape index (κ2) is 3.97. The Bertz CT molecular complexity index is 635. The van der Waals surface area contributed by atoms with E-state index >= 15 is 0 Å². The highest BCUT2D eigenvalue weighted by molar-refractivity contribution is 5.79. The second-order valence-corrected chi connectivity index (χ2v) is 4.16. The molecular formula is C13H14N4. The number of anilines is 1. The van der Waals surface area contributed by atoms with Crippen LogP contribution >= 0.6 is 0 Å². The smallest absolute Gasteiger partial charge is 0.0729 e. The van der Waals surface area contributed by atoms with Crippen molar-refractivity contribution in [2.75, 3.05) is 5.32 Å². The van der Waals surface area contributed by atoms with Crippen LogP contribution in [0.5, 0.6) is 0 Å². The number of aryl methyl sites for hydroxylation is 1. The zero-order valence-corrected chi connectivity index (χ0v) is 9.64. The molecule has 86 valence electrons. The van der Waals surface area contributed by atoms with E-state index in [0.29, 0.717) is 0 Å². The highest BCUT2D eigenvalue weighted by Crippen LogP contribution is 2.15. The SMILES string of the molecule is Cn1cc(NCc2ccc3[nH]ccc3c2)cn1. The van der Waals surface area contributed by atoms with Crippen molar-refractivity contribution in [3.63, 3.8) is 0 Å². The van der Waals surface area contributed by atoms with Crippen LogP contribution in [0.4, 0.5) is 5.69 Å². The summed E-state index contributed by atoms with van der Waals surface area (Å²) in [4.78, 5) is 3.19. The molecule has 0 aliphatic rings. The molecule has 0 saturated carbocycles. The molecular weight excluding hydrogens is 212 g/mol. The Kier molecular flexibility index (Phi) is 2.33. The molecule has 2 heterocycles. The zero-order valence-electron chi connectivity index (χ0n) is 9.64. The van der Waals surface area contributed by atoms with Gasteiger partial charge in [0.1, 0.15) is 0 Å². The van der Waals surface area contributed by atoms with Crippen LogP contribution in [-0.4, -0.2) is 14.8 Å². The molecule has 0 bridgehead atoms. The molecule has 0 amide bonds. The summed E-state index contributed by atoms with van der Waals surface area (Å²) in [5.41, 5.74) is 3.48. The van der Waals surface area contributed by atoms with Crippen molar-refractivity contribution in [3.8, 4) is 0 Å². The van der Waals surface area contributed by atoms with Gasteiger partial charge in [-0.25, -0.2) is 0 Å². The average molecular weight is 226 g/mol. The predicted octanol–water partition coefficient (Wildman–Crippen LogP) is 2.51. The lowest BCUT2D eigenvalue weighted by molar-refractivity contribution is 0.768. The molecule has 0 spiro atoms. The van der Waals surface area contributed by atoms with Gasteiger partial charge < -0.3 is 10.3 Å². The summed E-state index contributed by atoms with van der Waals surface area (Å²) in [6.45, 7) is 0.812. The fourth-order valence-electron chi connectivity index (χ4n) is 1.93. The fourth-order valence-corrected chi connectivity index (χ4v) is 1.93. The number of aromatic amines is 1. The van der Waals surface area contributed by atoms with Gasteiger partial charge >= 0.3 is 0 Å². The van der Waals surface area contributed by atoms with Crippen molar-refractivity contribution in [1.29, 1.82) is 0 Å². The van der Waals surface area contributed by atoms with Crippen LogP contribution in [0.25, 0.3) is 10.9 Å². The fraction of sp³-hybridized carbons (Fsp3) is 0.154. The lowest BCUT2D eigenvalue weighted by Gasteiger charge is -2.03. The van der Waals surface area contributed by atoms with Crippen LogP contribution in [0.2, 0.25) is 0 Å². The van der Waals surface area contributed by atoms with Crippen molar-refractivity contribution in [1.82, 2.24) is 14.8 Å². The quantitative estimate of drug-likeness (QED) is 0.720. The molecule has 4 heteroatoms. The van der Waals surface area contributed by atoms with E-state index in [2.05, 4.69) is 39.7 Å². The molecule has 3 aromatic rings. The molecule has 17 heavy (non-hydrogen) atoms. The summed E-state index contributed by atoms with van der Waals surface area (Å²) in [5.74, 6) is 0.